The highest BCUT2D eigenvalue weighted by Crippen LogP contribution is 2.33. The van der Waals surface area contributed by atoms with Gasteiger partial charge in [-0.15, -0.1) is 11.6 Å². The zero-order valence-corrected chi connectivity index (χ0v) is 11.1. The molecule has 0 N–H and O–H groups in total. The molecule has 0 unspecified atom stereocenters. The molecule has 0 aliphatic rings. The van der Waals surface area contributed by atoms with Gasteiger partial charge in [0.1, 0.15) is 5.75 Å². The summed E-state index contributed by atoms with van der Waals surface area (Å²) >= 11 is 5.86. The molecule has 0 radical (unpaired) electrons. The van der Waals surface area contributed by atoms with Gasteiger partial charge in [0, 0.05) is 11.8 Å². The molecule has 1 aromatic heterocycles. The van der Waals surface area contributed by atoms with E-state index in [1.807, 2.05) is 31.2 Å². The molecular formula is C14H14ClNO2. The zero-order valence-electron chi connectivity index (χ0n) is 10.3. The predicted molar refractivity (Wildman–Crippen MR) is 71.6 cm³/mol. The van der Waals surface area contributed by atoms with Crippen molar-refractivity contribution in [2.24, 2.45) is 0 Å². The number of aryl methyl sites for hydroxylation is 1. The van der Waals surface area contributed by atoms with Crippen LogP contribution in [0.1, 0.15) is 11.1 Å². The van der Waals surface area contributed by atoms with Crippen LogP contribution in [-0.4, -0.2) is 12.1 Å². The number of benzene rings is 1. The lowest BCUT2D eigenvalue weighted by molar-refractivity contribution is 0.377. The molecule has 0 saturated heterocycles. The summed E-state index contributed by atoms with van der Waals surface area (Å²) in [5, 5.41) is 0. The van der Waals surface area contributed by atoms with Crippen LogP contribution in [0.5, 0.6) is 17.2 Å². The number of hydrogen-bond acceptors (Lipinski definition) is 3. The molecule has 2 rings (SSSR count). The Morgan fingerprint density at radius 1 is 1.17 bits per heavy atom. The molecular weight excluding hydrogens is 250 g/mol. The number of rotatable bonds is 4. The minimum absolute atomic E-state index is 0.381. The van der Waals surface area contributed by atoms with E-state index in [2.05, 4.69) is 4.98 Å². The van der Waals surface area contributed by atoms with Gasteiger partial charge in [0.15, 0.2) is 11.5 Å². The first-order chi connectivity index (χ1) is 8.74. The van der Waals surface area contributed by atoms with E-state index in [0.29, 0.717) is 23.1 Å². The summed E-state index contributed by atoms with van der Waals surface area (Å²) in [7, 11) is 1.62. The maximum Gasteiger partial charge on any atom is 0.169 e. The summed E-state index contributed by atoms with van der Waals surface area (Å²) in [6.07, 6.45) is 3.34. The molecule has 0 atom stereocenters. The molecule has 0 saturated carbocycles. The lowest BCUT2D eigenvalue weighted by atomic mass is 10.2. The monoisotopic (exact) mass is 263 g/mol. The van der Waals surface area contributed by atoms with Crippen LogP contribution in [0.25, 0.3) is 0 Å². The Kier molecular flexibility index (Phi) is 4.05. The standard InChI is InChI=1S/C14H14ClNO2/c1-10-3-4-12(13(7-10)17-2)18-14-9-16-6-5-11(14)8-15/h3-7,9H,8H2,1-2H3. The maximum atomic E-state index is 5.86. The van der Waals surface area contributed by atoms with Crippen LogP contribution in [0.2, 0.25) is 0 Å². The fourth-order valence-corrected chi connectivity index (χ4v) is 1.81. The van der Waals surface area contributed by atoms with E-state index >= 15 is 0 Å². The van der Waals surface area contributed by atoms with Gasteiger partial charge < -0.3 is 9.47 Å². The first-order valence-electron chi connectivity index (χ1n) is 5.56. The highest BCUT2D eigenvalue weighted by atomic mass is 35.5. The van der Waals surface area contributed by atoms with E-state index in [1.165, 1.54) is 0 Å². The fraction of sp³-hybridized carbons (Fsp3) is 0.214. The normalized spacial score (nSPS) is 10.2. The van der Waals surface area contributed by atoms with E-state index in [4.69, 9.17) is 21.1 Å². The number of hydrogen-bond donors (Lipinski definition) is 0. The number of methoxy groups -OCH3 is 1. The Bertz CT molecular complexity index is 543. The van der Waals surface area contributed by atoms with Crippen LogP contribution >= 0.6 is 11.6 Å². The van der Waals surface area contributed by atoms with Gasteiger partial charge in [-0.1, -0.05) is 6.07 Å². The second-order valence-corrected chi connectivity index (χ2v) is 4.14. The molecule has 1 heterocycles. The molecule has 0 aliphatic heterocycles. The number of alkyl halides is 1. The third-order valence-electron chi connectivity index (χ3n) is 2.55. The quantitative estimate of drug-likeness (QED) is 0.783. The summed E-state index contributed by atoms with van der Waals surface area (Å²) in [6.45, 7) is 2.00. The van der Waals surface area contributed by atoms with E-state index in [1.54, 1.807) is 19.5 Å². The summed E-state index contributed by atoms with van der Waals surface area (Å²) in [6, 6.07) is 7.60. The molecule has 0 aliphatic carbocycles. The predicted octanol–water partition coefficient (Wildman–Crippen LogP) is 3.93. The van der Waals surface area contributed by atoms with E-state index in [9.17, 15) is 0 Å². The van der Waals surface area contributed by atoms with Crippen molar-refractivity contribution in [3.8, 4) is 17.2 Å². The van der Waals surface area contributed by atoms with Gasteiger partial charge in [0.2, 0.25) is 0 Å². The molecule has 0 bridgehead atoms. The van der Waals surface area contributed by atoms with Crippen molar-refractivity contribution in [1.82, 2.24) is 4.98 Å². The molecule has 0 fully saturated rings. The highest BCUT2D eigenvalue weighted by Gasteiger charge is 2.08. The average Bonchev–Trinajstić information content (AvgIpc) is 2.41. The zero-order chi connectivity index (χ0) is 13.0. The number of pyridine rings is 1. The fourth-order valence-electron chi connectivity index (χ4n) is 1.59. The Morgan fingerprint density at radius 2 is 2.00 bits per heavy atom. The van der Waals surface area contributed by atoms with Crippen molar-refractivity contribution >= 4 is 11.6 Å². The van der Waals surface area contributed by atoms with Crippen molar-refractivity contribution in [2.45, 2.75) is 12.8 Å². The van der Waals surface area contributed by atoms with Crippen LogP contribution in [-0.2, 0) is 5.88 Å². The molecule has 2 aromatic rings. The van der Waals surface area contributed by atoms with E-state index < -0.39 is 0 Å². The lowest BCUT2D eigenvalue weighted by Crippen LogP contribution is -1.94. The van der Waals surface area contributed by atoms with Crippen molar-refractivity contribution in [1.29, 1.82) is 0 Å². The Balaban J connectivity index is 2.33. The Hall–Kier alpha value is -1.74. The number of aromatic nitrogens is 1. The highest BCUT2D eigenvalue weighted by molar-refractivity contribution is 6.17. The summed E-state index contributed by atoms with van der Waals surface area (Å²) in [5.74, 6) is 2.38. The topological polar surface area (TPSA) is 31.4 Å². The molecule has 4 heteroatoms. The third kappa shape index (κ3) is 2.74. The lowest BCUT2D eigenvalue weighted by Gasteiger charge is -2.12. The van der Waals surface area contributed by atoms with Crippen LogP contribution in [0, 0.1) is 6.92 Å². The van der Waals surface area contributed by atoms with Crippen LogP contribution in [0.4, 0.5) is 0 Å². The summed E-state index contributed by atoms with van der Waals surface area (Å²) < 4.78 is 11.1. The largest absolute Gasteiger partial charge is 0.493 e. The minimum Gasteiger partial charge on any atom is -0.493 e. The second-order valence-electron chi connectivity index (χ2n) is 3.87. The minimum atomic E-state index is 0.381. The third-order valence-corrected chi connectivity index (χ3v) is 2.84. The first-order valence-corrected chi connectivity index (χ1v) is 6.09. The molecule has 94 valence electrons. The van der Waals surface area contributed by atoms with Crippen molar-refractivity contribution in [2.75, 3.05) is 7.11 Å². The van der Waals surface area contributed by atoms with Gasteiger partial charge in [-0.2, -0.15) is 0 Å². The van der Waals surface area contributed by atoms with Crippen molar-refractivity contribution in [3.63, 3.8) is 0 Å². The van der Waals surface area contributed by atoms with Gasteiger partial charge in [0.05, 0.1) is 19.2 Å². The number of ether oxygens (including phenoxy) is 2. The van der Waals surface area contributed by atoms with Gasteiger partial charge in [-0.25, -0.2) is 0 Å². The number of halogens is 1. The van der Waals surface area contributed by atoms with Gasteiger partial charge in [-0.3, -0.25) is 4.98 Å². The van der Waals surface area contributed by atoms with Gasteiger partial charge in [-0.05, 0) is 30.7 Å². The SMILES string of the molecule is COc1cc(C)ccc1Oc1cnccc1CCl. The Labute approximate surface area is 111 Å². The molecule has 0 spiro atoms. The Morgan fingerprint density at radius 3 is 2.72 bits per heavy atom. The van der Waals surface area contributed by atoms with Crippen LogP contribution < -0.4 is 9.47 Å². The van der Waals surface area contributed by atoms with E-state index in [0.717, 1.165) is 11.1 Å². The first kappa shape index (κ1) is 12.7. The molecule has 1 aromatic carbocycles. The summed E-state index contributed by atoms with van der Waals surface area (Å²) in [5.41, 5.74) is 2.01. The van der Waals surface area contributed by atoms with E-state index in [-0.39, 0.29) is 0 Å². The van der Waals surface area contributed by atoms with Crippen LogP contribution in [0.15, 0.2) is 36.7 Å². The number of nitrogens with zero attached hydrogens (tertiary/aromatic N) is 1. The maximum absolute atomic E-state index is 5.86. The van der Waals surface area contributed by atoms with Gasteiger partial charge >= 0.3 is 0 Å². The average molecular weight is 264 g/mol. The molecule has 0 amide bonds. The smallest absolute Gasteiger partial charge is 0.169 e. The summed E-state index contributed by atoms with van der Waals surface area (Å²) in [4.78, 5) is 4.04. The van der Waals surface area contributed by atoms with Crippen molar-refractivity contribution < 1.29 is 9.47 Å². The second kappa shape index (κ2) is 5.74. The molecule has 3 nitrogen and oxygen atoms in total. The van der Waals surface area contributed by atoms with Crippen LogP contribution in [0.3, 0.4) is 0 Å². The van der Waals surface area contributed by atoms with Crippen molar-refractivity contribution in [3.05, 3.63) is 47.8 Å². The van der Waals surface area contributed by atoms with Gasteiger partial charge in [0.25, 0.3) is 0 Å². The molecule has 18 heavy (non-hydrogen) atoms.